The van der Waals surface area contributed by atoms with Crippen molar-refractivity contribution in [3.63, 3.8) is 0 Å². The summed E-state index contributed by atoms with van der Waals surface area (Å²) in [6.45, 7) is 1.43. The molecule has 1 amide bonds. The lowest BCUT2D eigenvalue weighted by Crippen LogP contribution is -2.41. The van der Waals surface area contributed by atoms with Gasteiger partial charge in [-0.2, -0.15) is 22.0 Å². The lowest BCUT2D eigenvalue weighted by atomic mass is 9.92. The SMILES string of the molecule is COC1=C(F)CC2C(=C1)C(CC(=O)O)=C(C)N2C(=O)c1csc(OC(F)(F)C(F)(F)F)c1. The van der Waals surface area contributed by atoms with E-state index in [2.05, 4.69) is 4.74 Å². The molecule has 6 nitrogen and oxygen atoms in total. The Morgan fingerprint density at radius 3 is 2.50 bits per heavy atom. The van der Waals surface area contributed by atoms with Crippen LogP contribution >= 0.6 is 11.3 Å². The van der Waals surface area contributed by atoms with Gasteiger partial charge in [-0.15, -0.1) is 11.3 Å². The van der Waals surface area contributed by atoms with Gasteiger partial charge in [-0.3, -0.25) is 9.59 Å². The number of allylic oxidation sites excluding steroid dienone is 2. The molecule has 13 heteroatoms. The quantitative estimate of drug-likeness (QED) is 0.576. The van der Waals surface area contributed by atoms with Crippen molar-refractivity contribution in [2.24, 2.45) is 0 Å². The van der Waals surface area contributed by atoms with Crippen LogP contribution in [-0.4, -0.2) is 47.3 Å². The van der Waals surface area contributed by atoms with Gasteiger partial charge in [0, 0.05) is 23.6 Å². The van der Waals surface area contributed by atoms with E-state index in [1.165, 1.54) is 20.1 Å². The Labute approximate surface area is 181 Å². The summed E-state index contributed by atoms with van der Waals surface area (Å²) in [7, 11) is 1.22. The van der Waals surface area contributed by atoms with Crippen LogP contribution in [0.4, 0.5) is 26.3 Å². The van der Waals surface area contributed by atoms with E-state index >= 15 is 0 Å². The van der Waals surface area contributed by atoms with E-state index in [0.29, 0.717) is 23.0 Å². The fraction of sp³-hybridized carbons (Fsp3) is 0.368. The Morgan fingerprint density at radius 1 is 1.28 bits per heavy atom. The van der Waals surface area contributed by atoms with E-state index < -0.39 is 47.5 Å². The van der Waals surface area contributed by atoms with E-state index in [4.69, 9.17) is 4.74 Å². The van der Waals surface area contributed by atoms with E-state index in [0.717, 1.165) is 10.3 Å². The van der Waals surface area contributed by atoms with Gasteiger partial charge in [0.05, 0.1) is 25.1 Å². The summed E-state index contributed by atoms with van der Waals surface area (Å²) < 4.78 is 86.4. The number of nitrogens with zero attached hydrogens (tertiary/aromatic N) is 1. The van der Waals surface area contributed by atoms with Gasteiger partial charge in [-0.25, -0.2) is 4.39 Å². The Balaban J connectivity index is 1.94. The number of ether oxygens (including phenoxy) is 2. The fourth-order valence-electron chi connectivity index (χ4n) is 3.45. The van der Waals surface area contributed by atoms with Crippen molar-refractivity contribution in [1.29, 1.82) is 0 Å². The van der Waals surface area contributed by atoms with Gasteiger partial charge in [-0.05, 0) is 24.1 Å². The summed E-state index contributed by atoms with van der Waals surface area (Å²) in [5, 5.41) is 9.38. The molecule has 1 aliphatic heterocycles. The first-order valence-electron chi connectivity index (χ1n) is 8.88. The first-order valence-corrected chi connectivity index (χ1v) is 9.76. The molecule has 32 heavy (non-hydrogen) atoms. The van der Waals surface area contributed by atoms with Gasteiger partial charge in [0.2, 0.25) is 0 Å². The number of hydrogen-bond acceptors (Lipinski definition) is 5. The summed E-state index contributed by atoms with van der Waals surface area (Å²) >= 11 is 0.348. The van der Waals surface area contributed by atoms with Gasteiger partial charge >= 0.3 is 18.3 Å². The first kappa shape index (κ1) is 23.7. The van der Waals surface area contributed by atoms with Crippen LogP contribution in [0.15, 0.2) is 46.0 Å². The van der Waals surface area contributed by atoms with Gasteiger partial charge < -0.3 is 19.5 Å². The molecule has 0 fully saturated rings. The molecule has 0 saturated carbocycles. The van der Waals surface area contributed by atoms with Crippen LogP contribution in [0.25, 0.3) is 0 Å². The topological polar surface area (TPSA) is 76.1 Å². The van der Waals surface area contributed by atoms with Crippen molar-refractivity contribution >= 4 is 23.2 Å². The molecular formula is C19H15F6NO5S. The van der Waals surface area contributed by atoms with Gasteiger partial charge in [0.1, 0.15) is 5.83 Å². The molecule has 1 unspecified atom stereocenters. The molecule has 2 aliphatic rings. The van der Waals surface area contributed by atoms with Gasteiger partial charge in [0.15, 0.2) is 10.8 Å². The molecule has 1 aromatic heterocycles. The maximum Gasteiger partial charge on any atom is 0.499 e. The number of carboxylic acid groups (broad SMARTS) is 1. The highest BCUT2D eigenvalue weighted by Gasteiger charge is 2.61. The number of fused-ring (bicyclic) bond motifs is 1. The average molecular weight is 483 g/mol. The Kier molecular flexibility index (Phi) is 6.06. The van der Waals surface area contributed by atoms with Crippen molar-refractivity contribution in [2.45, 2.75) is 38.1 Å². The number of carboxylic acids is 1. The van der Waals surface area contributed by atoms with Crippen molar-refractivity contribution in [3.8, 4) is 5.06 Å². The molecule has 1 aliphatic carbocycles. The molecule has 174 valence electrons. The van der Waals surface area contributed by atoms with Crippen LogP contribution in [0.3, 0.4) is 0 Å². The minimum Gasteiger partial charge on any atom is -0.494 e. The second-order valence-corrected chi connectivity index (χ2v) is 7.75. The van der Waals surface area contributed by atoms with Gasteiger partial charge in [0.25, 0.3) is 5.91 Å². The molecule has 3 rings (SSSR count). The molecule has 0 bridgehead atoms. The van der Waals surface area contributed by atoms with Crippen LogP contribution in [0.5, 0.6) is 5.06 Å². The zero-order chi connectivity index (χ0) is 24.0. The number of thiophene rings is 1. The van der Waals surface area contributed by atoms with Crippen LogP contribution in [0, 0.1) is 0 Å². The third-order valence-electron chi connectivity index (χ3n) is 4.89. The van der Waals surface area contributed by atoms with Crippen LogP contribution in [-0.2, 0) is 9.53 Å². The fourth-order valence-corrected chi connectivity index (χ4v) is 4.21. The minimum absolute atomic E-state index is 0.123. The highest BCUT2D eigenvalue weighted by molar-refractivity contribution is 7.12. The number of methoxy groups -OCH3 is 1. The number of aliphatic carboxylic acids is 1. The number of alkyl halides is 5. The van der Waals surface area contributed by atoms with Crippen molar-refractivity contribution in [2.75, 3.05) is 7.11 Å². The van der Waals surface area contributed by atoms with Crippen molar-refractivity contribution < 1.29 is 50.5 Å². The zero-order valence-corrected chi connectivity index (χ0v) is 17.2. The second kappa shape index (κ2) is 8.19. The lowest BCUT2D eigenvalue weighted by molar-refractivity contribution is -0.359. The third-order valence-corrected chi connectivity index (χ3v) is 5.70. The summed E-state index contributed by atoms with van der Waals surface area (Å²) in [6, 6.07) is -0.217. The van der Waals surface area contributed by atoms with E-state index in [1.807, 2.05) is 0 Å². The standard InChI is InChI=1S/C19H15F6NO5S/c1-8-10(5-15(27)28)11-4-14(30-2)12(20)6-13(11)26(8)17(29)9-3-16(32-7-9)31-19(24,25)18(21,22)23/h3-4,7,13H,5-6H2,1-2H3,(H,27,28). The summed E-state index contributed by atoms with van der Waals surface area (Å²) in [4.78, 5) is 25.4. The van der Waals surface area contributed by atoms with Crippen LogP contribution < -0.4 is 4.74 Å². The normalized spacial score (nSPS) is 19.2. The summed E-state index contributed by atoms with van der Waals surface area (Å²) in [5.74, 6) is -2.86. The van der Waals surface area contributed by atoms with Gasteiger partial charge in [-0.1, -0.05) is 0 Å². The smallest absolute Gasteiger partial charge is 0.494 e. The molecule has 0 saturated heterocycles. The average Bonchev–Trinajstić information content (AvgIpc) is 3.22. The predicted octanol–water partition coefficient (Wildman–Crippen LogP) is 5.01. The Bertz CT molecular complexity index is 1050. The van der Waals surface area contributed by atoms with E-state index in [-0.39, 0.29) is 29.0 Å². The largest absolute Gasteiger partial charge is 0.499 e. The van der Waals surface area contributed by atoms with Crippen LogP contribution in [0.1, 0.15) is 30.1 Å². The Morgan fingerprint density at radius 2 is 1.94 bits per heavy atom. The number of rotatable bonds is 6. The maximum absolute atomic E-state index is 14.4. The molecule has 1 atom stereocenters. The molecule has 0 aromatic carbocycles. The Hall–Kier alpha value is -2.96. The number of amides is 1. The van der Waals surface area contributed by atoms with E-state index in [9.17, 15) is 41.0 Å². The molecule has 0 radical (unpaired) electrons. The molecule has 1 aromatic rings. The molecule has 0 spiro atoms. The van der Waals surface area contributed by atoms with Crippen molar-refractivity contribution in [1.82, 2.24) is 4.90 Å². The van der Waals surface area contributed by atoms with Crippen molar-refractivity contribution in [3.05, 3.63) is 51.5 Å². The molecular weight excluding hydrogens is 468 g/mol. The zero-order valence-electron chi connectivity index (χ0n) is 16.4. The summed E-state index contributed by atoms with van der Waals surface area (Å²) in [6.07, 6.45) is -10.9. The highest BCUT2D eigenvalue weighted by atomic mass is 32.1. The lowest BCUT2D eigenvalue weighted by Gasteiger charge is -2.29. The van der Waals surface area contributed by atoms with Crippen LogP contribution in [0.2, 0.25) is 0 Å². The molecule has 2 heterocycles. The number of carbonyl (C=O) groups is 2. The maximum atomic E-state index is 14.4. The number of carbonyl (C=O) groups excluding carboxylic acids is 1. The second-order valence-electron chi connectivity index (χ2n) is 6.87. The highest BCUT2D eigenvalue weighted by Crippen LogP contribution is 2.44. The van der Waals surface area contributed by atoms with E-state index in [1.54, 1.807) is 0 Å². The molecule has 1 N–H and O–H groups in total. The predicted molar refractivity (Wildman–Crippen MR) is 98.7 cm³/mol. The number of hydrogen-bond donors (Lipinski definition) is 1. The number of halogens is 6. The summed E-state index contributed by atoms with van der Waals surface area (Å²) in [5.41, 5.74) is 0.494. The third kappa shape index (κ3) is 4.20. The first-order chi connectivity index (χ1) is 14.8. The minimum atomic E-state index is -5.95. The monoisotopic (exact) mass is 483 g/mol.